The Labute approximate surface area is 233 Å². The number of hydrogen-bond acceptors (Lipinski definition) is 7. The van der Waals surface area contributed by atoms with Crippen LogP contribution in [0, 0.1) is 12.3 Å². The fourth-order valence-electron chi connectivity index (χ4n) is 5.70. The van der Waals surface area contributed by atoms with Crippen LogP contribution >= 0.6 is 0 Å². The van der Waals surface area contributed by atoms with E-state index in [1.165, 1.54) is 21.5 Å². The number of aryl methyl sites for hydroxylation is 3. The number of anilines is 3. The first kappa shape index (κ1) is 27.4. The van der Waals surface area contributed by atoms with E-state index in [9.17, 15) is 14.7 Å². The molecule has 2 N–H and O–H groups in total. The van der Waals surface area contributed by atoms with Gasteiger partial charge in [-0.1, -0.05) is 25.9 Å². The molecule has 1 aliphatic rings. The van der Waals surface area contributed by atoms with Crippen LogP contribution in [0.1, 0.15) is 49.0 Å². The standard InChI is InChI=1S/C30H36N6O4/c1-6-22-13-27(33-40-22)32-25-12-21(16-34(5)29(25)39)23-7-8-31-28(24(23)17-37)35(18-38)9-10-36-19(2)11-20-14-30(3,4)15-26(20)36/h7-8,11-13,16,18,37H,6,9-10,14-15,17H2,1-5H3,(H,32,33). The summed E-state index contributed by atoms with van der Waals surface area (Å²) in [5, 5.41) is 17.5. The van der Waals surface area contributed by atoms with Gasteiger partial charge in [0, 0.05) is 67.5 Å². The maximum Gasteiger partial charge on any atom is 0.274 e. The number of pyridine rings is 2. The summed E-state index contributed by atoms with van der Waals surface area (Å²) in [7, 11) is 1.66. The molecule has 0 aliphatic heterocycles. The van der Waals surface area contributed by atoms with E-state index >= 15 is 0 Å². The summed E-state index contributed by atoms with van der Waals surface area (Å²) in [6.07, 6.45) is 6.82. The van der Waals surface area contributed by atoms with Gasteiger partial charge in [-0.25, -0.2) is 4.98 Å². The van der Waals surface area contributed by atoms with Crippen molar-refractivity contribution >= 4 is 23.7 Å². The molecule has 4 aromatic heterocycles. The summed E-state index contributed by atoms with van der Waals surface area (Å²) in [5.41, 5.74) is 6.06. The van der Waals surface area contributed by atoms with Gasteiger partial charge >= 0.3 is 0 Å². The van der Waals surface area contributed by atoms with E-state index in [1.54, 1.807) is 42.5 Å². The Kier molecular flexibility index (Phi) is 7.37. The zero-order chi connectivity index (χ0) is 28.6. The number of carbonyl (C=O) groups excluding carboxylic acids is 1. The van der Waals surface area contributed by atoms with Gasteiger partial charge in [-0.2, -0.15) is 0 Å². The molecule has 210 valence electrons. The number of aliphatic hydroxyl groups excluding tert-OH is 1. The number of hydrogen-bond donors (Lipinski definition) is 2. The lowest BCUT2D eigenvalue weighted by molar-refractivity contribution is -0.107. The van der Waals surface area contributed by atoms with E-state index in [1.807, 2.05) is 6.92 Å². The summed E-state index contributed by atoms with van der Waals surface area (Å²) in [6.45, 7) is 9.31. The number of fused-ring (bicyclic) bond motifs is 1. The highest BCUT2D eigenvalue weighted by molar-refractivity contribution is 5.81. The van der Waals surface area contributed by atoms with Crippen LogP contribution in [0.5, 0.6) is 0 Å². The number of amides is 1. The third-order valence-corrected chi connectivity index (χ3v) is 7.64. The van der Waals surface area contributed by atoms with E-state index in [2.05, 4.69) is 46.9 Å². The molecule has 4 aromatic rings. The lowest BCUT2D eigenvalue weighted by atomic mass is 9.90. The minimum Gasteiger partial charge on any atom is -0.392 e. The molecule has 0 atom stereocenters. The molecule has 0 saturated carbocycles. The molecule has 0 saturated heterocycles. The Morgan fingerprint density at radius 3 is 2.75 bits per heavy atom. The van der Waals surface area contributed by atoms with E-state index in [-0.39, 0.29) is 17.6 Å². The van der Waals surface area contributed by atoms with Gasteiger partial charge in [0.2, 0.25) is 6.41 Å². The van der Waals surface area contributed by atoms with Crippen LogP contribution in [-0.2, 0) is 44.3 Å². The highest BCUT2D eigenvalue weighted by Crippen LogP contribution is 2.38. The molecule has 10 nitrogen and oxygen atoms in total. The minimum absolute atomic E-state index is 0.236. The molecule has 0 spiro atoms. The summed E-state index contributed by atoms with van der Waals surface area (Å²) in [5.74, 6) is 1.53. The Hall–Kier alpha value is -4.18. The highest BCUT2D eigenvalue weighted by Gasteiger charge is 2.32. The first-order valence-corrected chi connectivity index (χ1v) is 13.6. The Bertz CT molecular complexity index is 1610. The third-order valence-electron chi connectivity index (χ3n) is 7.64. The van der Waals surface area contributed by atoms with E-state index in [0.717, 1.165) is 19.3 Å². The number of nitrogens with zero attached hydrogens (tertiary/aromatic N) is 5. The van der Waals surface area contributed by atoms with E-state index in [0.29, 0.717) is 59.3 Å². The van der Waals surface area contributed by atoms with Crippen LogP contribution in [0.15, 0.2) is 46.0 Å². The number of aliphatic hydroxyl groups is 1. The van der Waals surface area contributed by atoms with Crippen molar-refractivity contribution in [1.29, 1.82) is 0 Å². The summed E-state index contributed by atoms with van der Waals surface area (Å²) in [4.78, 5) is 31.2. The number of carbonyl (C=O) groups is 1. The predicted molar refractivity (Wildman–Crippen MR) is 154 cm³/mol. The molecule has 4 heterocycles. The Morgan fingerprint density at radius 1 is 1.25 bits per heavy atom. The van der Waals surface area contributed by atoms with Crippen molar-refractivity contribution < 1.29 is 14.4 Å². The van der Waals surface area contributed by atoms with Gasteiger partial charge in [-0.3, -0.25) is 14.5 Å². The SMILES string of the molecule is CCc1cc(Nc2cc(-c3ccnc(N(C=O)CCn4c(C)cc5c4CC(C)(C)C5)c3CO)cn(C)c2=O)no1. The molecule has 40 heavy (non-hydrogen) atoms. The van der Waals surface area contributed by atoms with Crippen LogP contribution in [0.4, 0.5) is 17.3 Å². The Morgan fingerprint density at radius 2 is 2.05 bits per heavy atom. The molecule has 10 heteroatoms. The highest BCUT2D eigenvalue weighted by atomic mass is 16.5. The number of nitrogens with one attached hydrogen (secondary N) is 1. The van der Waals surface area contributed by atoms with Crippen molar-refractivity contribution in [2.24, 2.45) is 12.5 Å². The van der Waals surface area contributed by atoms with E-state index in [4.69, 9.17) is 4.52 Å². The average Bonchev–Trinajstić information content (AvgIpc) is 3.58. The lowest BCUT2D eigenvalue weighted by Gasteiger charge is -2.23. The second kappa shape index (κ2) is 10.8. The first-order chi connectivity index (χ1) is 19.1. The molecule has 0 fully saturated rings. The number of rotatable bonds is 10. The van der Waals surface area contributed by atoms with Gasteiger partial charge in [-0.05, 0) is 54.5 Å². The average molecular weight is 545 g/mol. The molecule has 0 radical (unpaired) electrons. The second-order valence-corrected chi connectivity index (χ2v) is 11.3. The van der Waals surface area contributed by atoms with Crippen molar-refractivity contribution in [2.45, 2.75) is 60.1 Å². The van der Waals surface area contributed by atoms with Crippen molar-refractivity contribution in [2.75, 3.05) is 16.8 Å². The third kappa shape index (κ3) is 5.19. The normalized spacial score (nSPS) is 13.8. The van der Waals surface area contributed by atoms with Crippen LogP contribution in [0.3, 0.4) is 0 Å². The summed E-state index contributed by atoms with van der Waals surface area (Å²) < 4.78 is 9.01. The zero-order valence-electron chi connectivity index (χ0n) is 23.7. The predicted octanol–water partition coefficient (Wildman–Crippen LogP) is 4.13. The van der Waals surface area contributed by atoms with Gasteiger partial charge in [0.1, 0.15) is 17.3 Å². The van der Waals surface area contributed by atoms with Crippen molar-refractivity contribution in [1.82, 2.24) is 19.3 Å². The van der Waals surface area contributed by atoms with Gasteiger partial charge in [0.25, 0.3) is 5.56 Å². The topological polar surface area (TPSA) is 118 Å². The van der Waals surface area contributed by atoms with Gasteiger partial charge in [0.15, 0.2) is 5.82 Å². The molecule has 1 aliphatic carbocycles. The zero-order valence-corrected chi connectivity index (χ0v) is 23.7. The van der Waals surface area contributed by atoms with Crippen molar-refractivity contribution in [3.05, 3.63) is 75.3 Å². The monoisotopic (exact) mass is 544 g/mol. The second-order valence-electron chi connectivity index (χ2n) is 11.3. The molecule has 0 aromatic carbocycles. The van der Waals surface area contributed by atoms with Crippen LogP contribution in [0.2, 0.25) is 0 Å². The molecular weight excluding hydrogens is 508 g/mol. The van der Waals surface area contributed by atoms with E-state index < -0.39 is 0 Å². The largest absolute Gasteiger partial charge is 0.392 e. The number of aromatic nitrogens is 4. The minimum atomic E-state index is -0.330. The molecule has 5 rings (SSSR count). The Balaban J connectivity index is 1.45. The molecular formula is C30H36N6O4. The van der Waals surface area contributed by atoms with Gasteiger partial charge < -0.3 is 24.1 Å². The van der Waals surface area contributed by atoms with Crippen molar-refractivity contribution in [3.8, 4) is 11.1 Å². The lowest BCUT2D eigenvalue weighted by Crippen LogP contribution is -2.29. The van der Waals surface area contributed by atoms with Crippen molar-refractivity contribution in [3.63, 3.8) is 0 Å². The molecule has 0 unspecified atom stereocenters. The fraction of sp³-hybridized carbons (Fsp3) is 0.400. The first-order valence-electron chi connectivity index (χ1n) is 13.6. The quantitative estimate of drug-likeness (QED) is 0.288. The van der Waals surface area contributed by atoms with Gasteiger partial charge in [-0.15, -0.1) is 0 Å². The van der Waals surface area contributed by atoms with Crippen LogP contribution < -0.4 is 15.8 Å². The summed E-state index contributed by atoms with van der Waals surface area (Å²) >= 11 is 0. The molecule has 1 amide bonds. The smallest absolute Gasteiger partial charge is 0.274 e. The molecule has 0 bridgehead atoms. The maximum atomic E-state index is 12.9. The van der Waals surface area contributed by atoms with Crippen LogP contribution in [0.25, 0.3) is 11.1 Å². The van der Waals surface area contributed by atoms with Gasteiger partial charge in [0.05, 0.1) is 6.61 Å². The summed E-state index contributed by atoms with van der Waals surface area (Å²) in [6, 6.07) is 7.49. The van der Waals surface area contributed by atoms with Crippen LogP contribution in [-0.4, -0.2) is 37.3 Å². The maximum absolute atomic E-state index is 12.9. The fourth-order valence-corrected chi connectivity index (χ4v) is 5.70.